The first-order chi connectivity index (χ1) is 19.5. The van der Waals surface area contributed by atoms with Gasteiger partial charge in [0.15, 0.2) is 0 Å². The third-order valence-corrected chi connectivity index (χ3v) is 8.57. The van der Waals surface area contributed by atoms with Gasteiger partial charge in [-0.15, -0.1) is 0 Å². The summed E-state index contributed by atoms with van der Waals surface area (Å²) in [5.41, 5.74) is 15.7. The van der Waals surface area contributed by atoms with Crippen molar-refractivity contribution < 1.29 is 0 Å². The highest BCUT2D eigenvalue weighted by Gasteiger charge is 2.24. The van der Waals surface area contributed by atoms with Crippen LogP contribution in [0.1, 0.15) is 77.6 Å². The molecule has 1 atom stereocenters. The van der Waals surface area contributed by atoms with Crippen LogP contribution in [-0.4, -0.2) is 9.13 Å². The molecule has 0 spiro atoms. The summed E-state index contributed by atoms with van der Waals surface area (Å²) in [5.74, 6) is 0.543. The Morgan fingerprint density at radius 2 is 1.38 bits per heavy atom. The Kier molecular flexibility index (Phi) is 6.94. The van der Waals surface area contributed by atoms with Crippen molar-refractivity contribution in [2.24, 2.45) is 0 Å². The molecule has 0 saturated carbocycles. The minimum absolute atomic E-state index is 0.543. The molecule has 40 heavy (non-hydrogen) atoms. The van der Waals surface area contributed by atoms with Gasteiger partial charge in [0.2, 0.25) is 0 Å². The van der Waals surface area contributed by atoms with Crippen LogP contribution >= 0.6 is 0 Å². The zero-order valence-corrected chi connectivity index (χ0v) is 24.1. The van der Waals surface area contributed by atoms with Crippen LogP contribution in [0.5, 0.6) is 0 Å². The molecule has 0 bridgehead atoms. The number of rotatable bonds is 6. The molecule has 2 aliphatic rings. The highest BCUT2D eigenvalue weighted by Crippen LogP contribution is 2.39. The molecule has 2 heterocycles. The summed E-state index contributed by atoms with van der Waals surface area (Å²) in [6, 6.07) is 18.0. The van der Waals surface area contributed by atoms with Gasteiger partial charge in [-0.1, -0.05) is 68.1 Å². The predicted molar refractivity (Wildman–Crippen MR) is 173 cm³/mol. The second-order valence-electron chi connectivity index (χ2n) is 11.0. The third-order valence-electron chi connectivity index (χ3n) is 8.57. The van der Waals surface area contributed by atoms with E-state index < -0.39 is 0 Å². The van der Waals surface area contributed by atoms with E-state index in [1.54, 1.807) is 0 Å². The van der Waals surface area contributed by atoms with E-state index in [4.69, 9.17) is 0 Å². The summed E-state index contributed by atoms with van der Waals surface area (Å²) in [5, 5.41) is 0. The van der Waals surface area contributed by atoms with Crippen molar-refractivity contribution in [3.8, 4) is 22.5 Å². The number of hydrogen-bond donors (Lipinski definition) is 0. The number of hydrogen-bond acceptors (Lipinski definition) is 0. The molecule has 2 aromatic heterocycles. The molecular weight excluding hydrogens is 484 g/mol. The van der Waals surface area contributed by atoms with E-state index in [1.807, 2.05) is 12.2 Å². The van der Waals surface area contributed by atoms with Crippen LogP contribution in [0.25, 0.3) is 46.8 Å². The molecule has 2 aliphatic carbocycles. The van der Waals surface area contributed by atoms with Gasteiger partial charge in [-0.25, -0.2) is 0 Å². The van der Waals surface area contributed by atoms with Gasteiger partial charge in [0, 0.05) is 34.2 Å². The third kappa shape index (κ3) is 4.29. The number of allylic oxidation sites excluding steroid dienone is 5. The molecule has 0 N–H and O–H groups in total. The van der Waals surface area contributed by atoms with Crippen LogP contribution in [0, 0.1) is 13.8 Å². The maximum absolute atomic E-state index is 3.88. The molecule has 0 radical (unpaired) electrons. The second kappa shape index (κ2) is 10.7. The highest BCUT2D eigenvalue weighted by atomic mass is 15.0. The largest absolute Gasteiger partial charge is 0.310 e. The Morgan fingerprint density at radius 1 is 0.775 bits per heavy atom. The fraction of sp³-hybridized carbons (Fsp3) is 0.211. The minimum Gasteiger partial charge on any atom is -0.310 e. The molecule has 0 amide bonds. The van der Waals surface area contributed by atoms with E-state index in [0.717, 1.165) is 19.3 Å². The van der Waals surface area contributed by atoms with Gasteiger partial charge in [-0.05, 0) is 128 Å². The van der Waals surface area contributed by atoms with Crippen LogP contribution in [0.4, 0.5) is 0 Å². The first-order valence-electron chi connectivity index (χ1n) is 14.5. The van der Waals surface area contributed by atoms with E-state index >= 15 is 0 Å². The number of aromatic nitrogens is 2. The summed E-state index contributed by atoms with van der Waals surface area (Å²) in [6.07, 6.45) is 23.0. The lowest BCUT2D eigenvalue weighted by Gasteiger charge is -2.17. The van der Waals surface area contributed by atoms with E-state index in [2.05, 4.69) is 134 Å². The molecule has 6 rings (SSSR count). The van der Waals surface area contributed by atoms with Gasteiger partial charge in [0.05, 0.1) is 0 Å². The first kappa shape index (κ1) is 26.0. The lowest BCUT2D eigenvalue weighted by molar-refractivity contribution is 0.763. The average Bonchev–Trinajstić information content (AvgIpc) is 3.43. The predicted octanol–water partition coefficient (Wildman–Crippen LogP) is 10.3. The van der Waals surface area contributed by atoms with Crippen molar-refractivity contribution in [3.05, 3.63) is 131 Å². The molecule has 0 fully saturated rings. The van der Waals surface area contributed by atoms with Crippen molar-refractivity contribution in [3.63, 3.8) is 0 Å². The van der Waals surface area contributed by atoms with Crippen molar-refractivity contribution in [2.75, 3.05) is 0 Å². The monoisotopic (exact) mass is 522 g/mol. The van der Waals surface area contributed by atoms with Gasteiger partial charge < -0.3 is 9.13 Å². The standard InChI is InChI=1S/C38H38N2/c1-6-8-15-35-27(4)33-14-9-10-16-36(33)39(35)31-22-18-29(19-23-31)30-20-24-32(25-21-30)40-34(12-7-2)28(5)38-26(3)13-11-17-37(38)40/h6-8,10-12,15-26H,1,9,13-14H2,2-5H3. The van der Waals surface area contributed by atoms with E-state index in [1.165, 1.54) is 67.5 Å². The Hall–Kier alpha value is -4.30. The van der Waals surface area contributed by atoms with Gasteiger partial charge in [-0.3, -0.25) is 0 Å². The second-order valence-corrected chi connectivity index (χ2v) is 11.0. The fourth-order valence-corrected chi connectivity index (χ4v) is 6.61. The zero-order valence-electron chi connectivity index (χ0n) is 24.1. The lowest BCUT2D eigenvalue weighted by atomic mass is 9.90. The molecule has 200 valence electrons. The number of nitrogens with zero attached hydrogens (tertiary/aromatic N) is 2. The average molecular weight is 523 g/mol. The zero-order chi connectivity index (χ0) is 27.8. The normalized spacial score (nSPS) is 16.1. The van der Waals surface area contributed by atoms with Gasteiger partial charge >= 0.3 is 0 Å². The van der Waals surface area contributed by atoms with Crippen molar-refractivity contribution in [1.29, 1.82) is 0 Å². The van der Waals surface area contributed by atoms with Gasteiger partial charge in [-0.2, -0.15) is 0 Å². The molecule has 0 saturated heterocycles. The smallest absolute Gasteiger partial charge is 0.0496 e. The molecule has 2 aromatic carbocycles. The van der Waals surface area contributed by atoms with Crippen molar-refractivity contribution >= 4 is 24.3 Å². The number of benzene rings is 2. The Balaban J connectivity index is 1.36. The first-order valence-corrected chi connectivity index (χ1v) is 14.5. The van der Waals surface area contributed by atoms with Crippen molar-refractivity contribution in [2.45, 2.75) is 52.9 Å². The summed E-state index contributed by atoms with van der Waals surface area (Å²) in [6.45, 7) is 12.8. The van der Waals surface area contributed by atoms with Crippen molar-refractivity contribution in [1.82, 2.24) is 9.13 Å². The lowest BCUT2D eigenvalue weighted by Crippen LogP contribution is -2.04. The highest BCUT2D eigenvalue weighted by molar-refractivity contribution is 5.72. The Morgan fingerprint density at radius 3 is 2.00 bits per heavy atom. The quantitative estimate of drug-likeness (QED) is 0.223. The maximum atomic E-state index is 3.88. The van der Waals surface area contributed by atoms with Crippen LogP contribution in [0.3, 0.4) is 0 Å². The molecule has 2 heteroatoms. The Labute approximate surface area is 239 Å². The van der Waals surface area contributed by atoms with E-state index in [9.17, 15) is 0 Å². The van der Waals surface area contributed by atoms with Crippen LogP contribution in [-0.2, 0) is 6.42 Å². The number of fused-ring (bicyclic) bond motifs is 2. The minimum atomic E-state index is 0.543. The van der Waals surface area contributed by atoms with E-state index in [0.29, 0.717) is 5.92 Å². The molecular formula is C38H38N2. The summed E-state index contributed by atoms with van der Waals surface area (Å²) >= 11 is 0. The van der Waals surface area contributed by atoms with Crippen LogP contribution < -0.4 is 0 Å². The fourth-order valence-electron chi connectivity index (χ4n) is 6.61. The molecule has 4 aromatic rings. The van der Waals surface area contributed by atoms with E-state index in [-0.39, 0.29) is 0 Å². The Bertz CT molecular complexity index is 1690. The molecule has 2 nitrogen and oxygen atoms in total. The summed E-state index contributed by atoms with van der Waals surface area (Å²) in [7, 11) is 0. The maximum Gasteiger partial charge on any atom is 0.0496 e. The summed E-state index contributed by atoms with van der Waals surface area (Å²) in [4.78, 5) is 0. The molecule has 1 unspecified atom stereocenters. The topological polar surface area (TPSA) is 9.86 Å². The van der Waals surface area contributed by atoms with Crippen LogP contribution in [0.2, 0.25) is 0 Å². The van der Waals surface area contributed by atoms with Gasteiger partial charge in [0.25, 0.3) is 0 Å². The SMILES string of the molecule is C=CC=Cc1c(C)c2c(n1-c1ccc(-c3ccc(-n4c(C=CC)c(C)c5c4C=CCC5C)cc3)cc1)C=CCC2. The van der Waals surface area contributed by atoms with Crippen LogP contribution in [0.15, 0.2) is 85.5 Å². The molecule has 0 aliphatic heterocycles. The summed E-state index contributed by atoms with van der Waals surface area (Å²) < 4.78 is 4.81. The van der Waals surface area contributed by atoms with Gasteiger partial charge in [0.1, 0.15) is 0 Å².